The fourth-order valence-corrected chi connectivity index (χ4v) is 2.63. The fourth-order valence-electron chi connectivity index (χ4n) is 2.63. The Morgan fingerprint density at radius 1 is 1.22 bits per heavy atom. The first-order chi connectivity index (χ1) is 12.8. The molecule has 0 aromatic heterocycles. The Morgan fingerprint density at radius 3 is 2.59 bits per heavy atom. The van der Waals surface area contributed by atoms with Crippen LogP contribution in [-0.4, -0.2) is 23.1 Å². The molecule has 0 fully saturated rings. The molecule has 0 aliphatic carbocycles. The summed E-state index contributed by atoms with van der Waals surface area (Å²) in [5, 5.41) is 15.3. The molecule has 0 bridgehead atoms. The number of nitro groups is 1. The maximum Gasteiger partial charge on any atom is 0.311 e. The number of nitro benzene ring substituents is 1. The molecule has 7 nitrogen and oxygen atoms in total. The summed E-state index contributed by atoms with van der Waals surface area (Å²) in [5.74, 6) is -0.0420. The summed E-state index contributed by atoms with van der Waals surface area (Å²) >= 11 is 0. The number of rotatable bonds is 7. The zero-order valence-electron chi connectivity index (χ0n) is 15.9. The van der Waals surface area contributed by atoms with Gasteiger partial charge in [-0.1, -0.05) is 23.8 Å². The zero-order chi connectivity index (χ0) is 20.0. The van der Waals surface area contributed by atoms with Crippen LogP contribution in [0.4, 0.5) is 5.69 Å². The zero-order valence-corrected chi connectivity index (χ0v) is 15.9. The summed E-state index contributed by atoms with van der Waals surface area (Å²) in [6, 6.07) is 10.5. The Balaban J connectivity index is 2.11. The molecule has 0 heterocycles. The van der Waals surface area contributed by atoms with Crippen LogP contribution in [0.5, 0.6) is 5.75 Å². The van der Waals surface area contributed by atoms with Crippen molar-refractivity contribution in [3.05, 3.63) is 68.8 Å². The topological polar surface area (TPSA) is 93.8 Å². The first kappa shape index (κ1) is 20.1. The van der Waals surface area contributed by atoms with E-state index in [9.17, 15) is 14.9 Å². The highest BCUT2D eigenvalue weighted by Gasteiger charge is 2.16. The third-order valence-corrected chi connectivity index (χ3v) is 4.07. The Labute approximate surface area is 158 Å². The average molecular weight is 369 g/mol. The molecule has 142 valence electrons. The number of carbonyl (C=O) groups is 1. The van der Waals surface area contributed by atoms with Crippen LogP contribution in [0, 0.1) is 24.0 Å². The largest absolute Gasteiger partial charge is 0.487 e. The van der Waals surface area contributed by atoms with Gasteiger partial charge in [-0.2, -0.15) is 5.10 Å². The number of hydrazone groups is 1. The van der Waals surface area contributed by atoms with Gasteiger partial charge in [0.1, 0.15) is 0 Å². The van der Waals surface area contributed by atoms with Crippen LogP contribution in [-0.2, 0) is 11.2 Å². The van der Waals surface area contributed by atoms with Crippen LogP contribution in [0.25, 0.3) is 0 Å². The van der Waals surface area contributed by atoms with E-state index in [1.807, 2.05) is 32.0 Å². The molecule has 2 aromatic carbocycles. The molecule has 2 aromatic rings. The van der Waals surface area contributed by atoms with Gasteiger partial charge in [-0.15, -0.1) is 0 Å². The molecule has 0 atom stereocenters. The van der Waals surface area contributed by atoms with Gasteiger partial charge >= 0.3 is 5.69 Å². The minimum atomic E-state index is -0.499. The van der Waals surface area contributed by atoms with Crippen LogP contribution in [0.3, 0.4) is 0 Å². The van der Waals surface area contributed by atoms with Crippen molar-refractivity contribution in [1.29, 1.82) is 0 Å². The summed E-state index contributed by atoms with van der Waals surface area (Å²) < 4.78 is 5.27. The first-order valence-electron chi connectivity index (χ1n) is 8.62. The predicted molar refractivity (Wildman–Crippen MR) is 104 cm³/mol. The van der Waals surface area contributed by atoms with Gasteiger partial charge in [0.05, 0.1) is 23.7 Å². The van der Waals surface area contributed by atoms with Gasteiger partial charge in [0, 0.05) is 11.6 Å². The Morgan fingerprint density at radius 2 is 1.96 bits per heavy atom. The Hall–Kier alpha value is -3.22. The van der Waals surface area contributed by atoms with Gasteiger partial charge < -0.3 is 4.74 Å². The molecule has 0 unspecified atom stereocenters. The third kappa shape index (κ3) is 5.37. The molecule has 0 saturated carbocycles. The van der Waals surface area contributed by atoms with E-state index < -0.39 is 4.92 Å². The fraction of sp³-hybridized carbons (Fsp3) is 0.300. The summed E-state index contributed by atoms with van der Waals surface area (Å²) in [7, 11) is 0. The highest BCUT2D eigenvalue weighted by molar-refractivity contribution is 6.00. The van der Waals surface area contributed by atoms with Crippen LogP contribution >= 0.6 is 0 Å². The number of hydrogen-bond donors (Lipinski definition) is 1. The van der Waals surface area contributed by atoms with Crippen LogP contribution in [0.1, 0.15) is 36.1 Å². The molecular formula is C20H23N3O4. The second kappa shape index (κ2) is 8.93. The van der Waals surface area contributed by atoms with Gasteiger partial charge in [0.25, 0.3) is 0 Å². The minimum absolute atomic E-state index is 0.134. The van der Waals surface area contributed by atoms with E-state index >= 15 is 0 Å². The van der Waals surface area contributed by atoms with Gasteiger partial charge in [-0.3, -0.25) is 14.9 Å². The number of nitrogens with zero attached hydrogens (tertiary/aromatic N) is 2. The van der Waals surface area contributed by atoms with Crippen LogP contribution < -0.4 is 10.2 Å². The second-order valence-electron chi connectivity index (χ2n) is 6.21. The van der Waals surface area contributed by atoms with Crippen molar-refractivity contribution in [1.82, 2.24) is 5.43 Å². The molecule has 1 amide bonds. The van der Waals surface area contributed by atoms with Crippen molar-refractivity contribution in [3.8, 4) is 5.75 Å². The van der Waals surface area contributed by atoms with Crippen molar-refractivity contribution in [2.24, 2.45) is 5.10 Å². The van der Waals surface area contributed by atoms with E-state index in [1.165, 1.54) is 12.1 Å². The maximum absolute atomic E-state index is 12.2. The van der Waals surface area contributed by atoms with Crippen molar-refractivity contribution in [2.75, 3.05) is 6.61 Å². The molecule has 0 aliphatic rings. The number of aryl methyl sites for hydroxylation is 2. The molecular weight excluding hydrogens is 346 g/mol. The second-order valence-corrected chi connectivity index (χ2v) is 6.21. The van der Waals surface area contributed by atoms with E-state index in [1.54, 1.807) is 19.9 Å². The van der Waals surface area contributed by atoms with Gasteiger partial charge in [-0.05, 0) is 51.0 Å². The van der Waals surface area contributed by atoms with Crippen molar-refractivity contribution in [2.45, 2.75) is 34.1 Å². The molecule has 0 spiro atoms. The molecule has 0 saturated heterocycles. The van der Waals surface area contributed by atoms with E-state index in [0.717, 1.165) is 16.7 Å². The van der Waals surface area contributed by atoms with Gasteiger partial charge in [-0.25, -0.2) is 5.43 Å². The summed E-state index contributed by atoms with van der Waals surface area (Å²) in [6.45, 7) is 7.73. The van der Waals surface area contributed by atoms with Crippen molar-refractivity contribution >= 4 is 17.3 Å². The number of nitrogens with one attached hydrogen (secondary N) is 1. The molecule has 1 N–H and O–H groups in total. The lowest BCUT2D eigenvalue weighted by Crippen LogP contribution is -2.21. The van der Waals surface area contributed by atoms with E-state index in [0.29, 0.717) is 17.9 Å². The molecule has 2 rings (SSSR count). The smallest absolute Gasteiger partial charge is 0.311 e. The molecule has 7 heteroatoms. The quantitative estimate of drug-likeness (QED) is 0.457. The molecule has 0 aliphatic heterocycles. The van der Waals surface area contributed by atoms with E-state index in [2.05, 4.69) is 10.5 Å². The van der Waals surface area contributed by atoms with Gasteiger partial charge in [0.15, 0.2) is 5.75 Å². The normalized spacial score (nSPS) is 11.2. The highest BCUT2D eigenvalue weighted by Crippen LogP contribution is 2.28. The average Bonchev–Trinajstić information content (AvgIpc) is 2.62. The monoisotopic (exact) mass is 369 g/mol. The predicted octanol–water partition coefficient (Wildman–Crippen LogP) is 3.69. The summed E-state index contributed by atoms with van der Waals surface area (Å²) in [6.07, 6.45) is 0.215. The van der Waals surface area contributed by atoms with E-state index in [4.69, 9.17) is 4.74 Å². The lowest BCUT2D eigenvalue weighted by atomic mass is 10.0. The Bertz CT molecular complexity index is 891. The van der Waals surface area contributed by atoms with E-state index in [-0.39, 0.29) is 23.8 Å². The van der Waals surface area contributed by atoms with Crippen molar-refractivity contribution < 1.29 is 14.5 Å². The van der Waals surface area contributed by atoms with Gasteiger partial charge in [0.2, 0.25) is 5.91 Å². The van der Waals surface area contributed by atoms with Crippen molar-refractivity contribution in [3.63, 3.8) is 0 Å². The lowest BCUT2D eigenvalue weighted by Gasteiger charge is -2.08. The lowest BCUT2D eigenvalue weighted by molar-refractivity contribution is -0.385. The summed E-state index contributed by atoms with van der Waals surface area (Å²) in [5.41, 5.74) is 6.50. The maximum atomic E-state index is 12.2. The first-order valence-corrected chi connectivity index (χ1v) is 8.62. The number of amides is 1. The SMILES string of the molecule is CCOc1ccc(/C(C)=N/NC(=O)Cc2ccc(C)cc2C)cc1[N+](=O)[O-]. The standard InChI is InChI=1S/C20H23N3O4/c1-5-27-19-9-8-17(11-18(19)23(25)26)15(4)21-22-20(24)12-16-7-6-13(2)10-14(16)3/h6-11H,5,12H2,1-4H3,(H,22,24)/b21-15+. The number of carbonyl (C=O) groups excluding carboxylic acids is 1. The highest BCUT2D eigenvalue weighted by atomic mass is 16.6. The van der Waals surface area contributed by atoms with Crippen LogP contribution in [0.2, 0.25) is 0 Å². The Kier molecular flexibility index (Phi) is 6.65. The van der Waals surface area contributed by atoms with Crippen LogP contribution in [0.15, 0.2) is 41.5 Å². The number of ether oxygens (including phenoxy) is 1. The summed E-state index contributed by atoms with van der Waals surface area (Å²) in [4.78, 5) is 22.9. The third-order valence-electron chi connectivity index (χ3n) is 4.07. The molecule has 27 heavy (non-hydrogen) atoms. The number of hydrogen-bond acceptors (Lipinski definition) is 5. The molecule has 0 radical (unpaired) electrons. The minimum Gasteiger partial charge on any atom is -0.487 e. The number of benzene rings is 2.